The minimum Gasteiger partial charge on any atom is -0.381 e. The van der Waals surface area contributed by atoms with Gasteiger partial charge in [0, 0.05) is 18.6 Å². The van der Waals surface area contributed by atoms with E-state index in [4.69, 9.17) is 9.26 Å². The zero-order valence-corrected chi connectivity index (χ0v) is 12.5. The minimum absolute atomic E-state index is 0.112. The Balaban J connectivity index is 1.78. The SMILES string of the molecule is CNC(c1ccccc1)C(C)c1nc(C2CCOC2)no1. The number of ether oxygens (including phenoxy) is 1. The van der Waals surface area contributed by atoms with Gasteiger partial charge >= 0.3 is 0 Å². The number of hydrogen-bond donors (Lipinski definition) is 1. The van der Waals surface area contributed by atoms with Crippen LogP contribution in [-0.2, 0) is 4.74 Å². The second-order valence-electron chi connectivity index (χ2n) is 5.52. The monoisotopic (exact) mass is 287 g/mol. The van der Waals surface area contributed by atoms with E-state index in [2.05, 4.69) is 34.5 Å². The summed E-state index contributed by atoms with van der Waals surface area (Å²) in [4.78, 5) is 4.59. The molecule has 112 valence electrons. The van der Waals surface area contributed by atoms with E-state index < -0.39 is 0 Å². The molecule has 3 atom stereocenters. The van der Waals surface area contributed by atoms with Crippen LogP contribution in [0.5, 0.6) is 0 Å². The fourth-order valence-corrected chi connectivity index (χ4v) is 2.84. The van der Waals surface area contributed by atoms with Crippen molar-refractivity contribution in [3.05, 3.63) is 47.6 Å². The van der Waals surface area contributed by atoms with Gasteiger partial charge in [-0.3, -0.25) is 0 Å². The summed E-state index contributed by atoms with van der Waals surface area (Å²) < 4.78 is 10.9. The van der Waals surface area contributed by atoms with Crippen molar-refractivity contribution in [1.82, 2.24) is 15.5 Å². The Morgan fingerprint density at radius 3 is 2.76 bits per heavy atom. The Kier molecular flexibility index (Phi) is 4.31. The van der Waals surface area contributed by atoms with Gasteiger partial charge in [-0.05, 0) is 19.0 Å². The van der Waals surface area contributed by atoms with Crippen LogP contribution >= 0.6 is 0 Å². The molecule has 5 nitrogen and oxygen atoms in total. The summed E-state index contributed by atoms with van der Waals surface area (Å²) in [6, 6.07) is 10.5. The molecular formula is C16H21N3O2. The van der Waals surface area contributed by atoms with Gasteiger partial charge in [-0.15, -0.1) is 0 Å². The molecule has 1 fully saturated rings. The van der Waals surface area contributed by atoms with Crippen molar-refractivity contribution < 1.29 is 9.26 Å². The second-order valence-corrected chi connectivity index (χ2v) is 5.52. The van der Waals surface area contributed by atoms with Gasteiger partial charge in [0.25, 0.3) is 0 Å². The molecule has 1 saturated heterocycles. The number of benzene rings is 1. The summed E-state index contributed by atoms with van der Waals surface area (Å²) in [6.45, 7) is 3.59. The van der Waals surface area contributed by atoms with Gasteiger partial charge in [0.15, 0.2) is 5.82 Å². The molecule has 1 N–H and O–H groups in total. The molecule has 0 saturated carbocycles. The van der Waals surface area contributed by atoms with Crippen molar-refractivity contribution in [2.45, 2.75) is 31.2 Å². The summed E-state index contributed by atoms with van der Waals surface area (Å²) in [6.07, 6.45) is 0.974. The van der Waals surface area contributed by atoms with E-state index in [1.807, 2.05) is 25.2 Å². The van der Waals surface area contributed by atoms with Gasteiger partial charge in [-0.25, -0.2) is 0 Å². The number of hydrogen-bond acceptors (Lipinski definition) is 5. The van der Waals surface area contributed by atoms with Gasteiger partial charge in [-0.1, -0.05) is 42.4 Å². The van der Waals surface area contributed by atoms with Gasteiger partial charge in [0.05, 0.1) is 12.5 Å². The highest BCUT2D eigenvalue weighted by molar-refractivity contribution is 5.22. The average Bonchev–Trinajstić information content (AvgIpc) is 3.20. The average molecular weight is 287 g/mol. The first-order valence-electron chi connectivity index (χ1n) is 7.43. The first kappa shape index (κ1) is 14.2. The maximum atomic E-state index is 5.49. The molecule has 1 aromatic carbocycles. The maximum absolute atomic E-state index is 5.49. The summed E-state index contributed by atoms with van der Waals surface area (Å²) in [7, 11) is 1.95. The zero-order chi connectivity index (χ0) is 14.7. The van der Waals surface area contributed by atoms with Crippen LogP contribution in [0.1, 0.15) is 48.5 Å². The molecule has 0 aliphatic carbocycles. The highest BCUT2D eigenvalue weighted by atomic mass is 16.5. The van der Waals surface area contributed by atoms with Crippen molar-refractivity contribution >= 4 is 0 Å². The summed E-state index contributed by atoms with van der Waals surface area (Å²) in [5, 5.41) is 7.48. The van der Waals surface area contributed by atoms with Crippen molar-refractivity contribution in [3.63, 3.8) is 0 Å². The van der Waals surface area contributed by atoms with E-state index in [-0.39, 0.29) is 17.9 Å². The number of rotatable bonds is 5. The Morgan fingerprint density at radius 2 is 2.10 bits per heavy atom. The highest BCUT2D eigenvalue weighted by Crippen LogP contribution is 2.31. The minimum atomic E-state index is 0.112. The molecule has 1 aromatic heterocycles. The molecule has 5 heteroatoms. The van der Waals surface area contributed by atoms with Crippen LogP contribution in [-0.4, -0.2) is 30.4 Å². The molecule has 21 heavy (non-hydrogen) atoms. The fourth-order valence-electron chi connectivity index (χ4n) is 2.84. The van der Waals surface area contributed by atoms with Crippen LogP contribution in [0.4, 0.5) is 0 Å². The van der Waals surface area contributed by atoms with E-state index in [0.717, 1.165) is 18.9 Å². The Labute approximate surface area is 124 Å². The largest absolute Gasteiger partial charge is 0.381 e. The normalized spacial score (nSPS) is 21.3. The summed E-state index contributed by atoms with van der Waals surface area (Å²) in [5.74, 6) is 1.85. The quantitative estimate of drug-likeness (QED) is 0.916. The first-order valence-corrected chi connectivity index (χ1v) is 7.43. The fraction of sp³-hybridized carbons (Fsp3) is 0.500. The van der Waals surface area contributed by atoms with Crippen LogP contribution in [0.15, 0.2) is 34.9 Å². The third-order valence-electron chi connectivity index (χ3n) is 4.11. The molecule has 0 radical (unpaired) electrons. The number of nitrogens with zero attached hydrogens (tertiary/aromatic N) is 2. The molecule has 3 unspecified atom stereocenters. The Morgan fingerprint density at radius 1 is 1.29 bits per heavy atom. The van der Waals surface area contributed by atoms with E-state index in [1.54, 1.807) is 0 Å². The predicted octanol–water partition coefficient (Wildman–Crippen LogP) is 2.64. The Bertz CT molecular complexity index is 564. The molecule has 0 amide bonds. The zero-order valence-electron chi connectivity index (χ0n) is 12.5. The summed E-state index contributed by atoms with van der Waals surface area (Å²) in [5.41, 5.74) is 1.22. The van der Waals surface area contributed by atoms with E-state index in [0.29, 0.717) is 12.5 Å². The number of aromatic nitrogens is 2. The molecular weight excluding hydrogens is 266 g/mol. The van der Waals surface area contributed by atoms with Gasteiger partial charge in [0.1, 0.15) is 0 Å². The maximum Gasteiger partial charge on any atom is 0.231 e. The predicted molar refractivity (Wildman–Crippen MR) is 79.1 cm³/mol. The van der Waals surface area contributed by atoms with Crippen LogP contribution in [0, 0.1) is 0 Å². The first-order chi connectivity index (χ1) is 10.3. The topological polar surface area (TPSA) is 60.2 Å². The lowest BCUT2D eigenvalue weighted by Gasteiger charge is -2.21. The molecule has 1 aliphatic rings. The second kappa shape index (κ2) is 6.37. The van der Waals surface area contributed by atoms with Gasteiger partial charge in [-0.2, -0.15) is 4.98 Å². The van der Waals surface area contributed by atoms with E-state index in [1.165, 1.54) is 5.56 Å². The van der Waals surface area contributed by atoms with Crippen LogP contribution in [0.2, 0.25) is 0 Å². The van der Waals surface area contributed by atoms with Crippen LogP contribution in [0.3, 0.4) is 0 Å². The number of likely N-dealkylation sites (N-methyl/N-ethyl adjacent to an activating group) is 1. The molecule has 2 aromatic rings. The van der Waals surface area contributed by atoms with Crippen molar-refractivity contribution in [2.75, 3.05) is 20.3 Å². The molecule has 3 rings (SSSR count). The number of nitrogens with one attached hydrogen (secondary N) is 1. The summed E-state index contributed by atoms with van der Waals surface area (Å²) >= 11 is 0. The van der Waals surface area contributed by atoms with E-state index >= 15 is 0 Å². The van der Waals surface area contributed by atoms with Crippen molar-refractivity contribution in [3.8, 4) is 0 Å². The lowest BCUT2D eigenvalue weighted by molar-refractivity contribution is 0.192. The molecule has 0 bridgehead atoms. The third kappa shape index (κ3) is 2.99. The Hall–Kier alpha value is -1.72. The molecule has 1 aliphatic heterocycles. The van der Waals surface area contributed by atoms with Crippen molar-refractivity contribution in [2.24, 2.45) is 0 Å². The smallest absolute Gasteiger partial charge is 0.231 e. The standard InChI is InChI=1S/C16H21N3O2/c1-11(14(17-2)12-6-4-3-5-7-12)16-18-15(19-21-16)13-8-9-20-10-13/h3-7,11,13-14,17H,8-10H2,1-2H3. The van der Waals surface area contributed by atoms with E-state index in [9.17, 15) is 0 Å². The lowest BCUT2D eigenvalue weighted by atomic mass is 9.94. The van der Waals surface area contributed by atoms with Crippen LogP contribution < -0.4 is 5.32 Å². The van der Waals surface area contributed by atoms with Gasteiger partial charge in [0.2, 0.25) is 5.89 Å². The molecule has 2 heterocycles. The third-order valence-corrected chi connectivity index (χ3v) is 4.11. The van der Waals surface area contributed by atoms with Gasteiger partial charge < -0.3 is 14.6 Å². The lowest BCUT2D eigenvalue weighted by Crippen LogP contribution is -2.22. The van der Waals surface area contributed by atoms with Crippen LogP contribution in [0.25, 0.3) is 0 Å². The highest BCUT2D eigenvalue weighted by Gasteiger charge is 2.28. The van der Waals surface area contributed by atoms with Crippen molar-refractivity contribution in [1.29, 1.82) is 0 Å². The molecule has 0 spiro atoms.